The van der Waals surface area contributed by atoms with E-state index in [1.54, 1.807) is 12.1 Å². The second kappa shape index (κ2) is 8.26. The lowest BCUT2D eigenvalue weighted by atomic mass is 10.2. The normalized spacial score (nSPS) is 13.4. The van der Waals surface area contributed by atoms with Crippen molar-refractivity contribution in [3.05, 3.63) is 78.0 Å². The molecular weight excluding hydrogens is 374 g/mol. The maximum atomic E-state index is 13.3. The van der Waals surface area contributed by atoms with Crippen molar-refractivity contribution in [3.63, 3.8) is 0 Å². The van der Waals surface area contributed by atoms with Crippen molar-refractivity contribution >= 4 is 28.8 Å². The van der Waals surface area contributed by atoms with Crippen LogP contribution in [0.3, 0.4) is 0 Å². The third-order valence-electron chi connectivity index (χ3n) is 4.81. The van der Waals surface area contributed by atoms with Gasteiger partial charge in [-0.25, -0.2) is 13.8 Å². The molecule has 1 amide bonds. The Labute approximate surface area is 167 Å². The first-order valence-corrected chi connectivity index (χ1v) is 9.43. The SMILES string of the molecule is O=C(Nc1ccc(Nc2ccc(N3CCCC3)cc2)nc1)c1ccc(F)c(F)c1. The van der Waals surface area contributed by atoms with Crippen LogP contribution in [0.2, 0.25) is 0 Å². The summed E-state index contributed by atoms with van der Waals surface area (Å²) in [4.78, 5) is 18.8. The first kappa shape index (κ1) is 18.9. The Bertz CT molecular complexity index is 1000. The largest absolute Gasteiger partial charge is 0.372 e. The topological polar surface area (TPSA) is 57.3 Å². The number of aromatic nitrogens is 1. The van der Waals surface area contributed by atoms with E-state index < -0.39 is 17.5 Å². The minimum Gasteiger partial charge on any atom is -0.372 e. The van der Waals surface area contributed by atoms with E-state index in [4.69, 9.17) is 0 Å². The van der Waals surface area contributed by atoms with Crippen molar-refractivity contribution in [2.45, 2.75) is 12.8 Å². The Balaban J connectivity index is 1.37. The summed E-state index contributed by atoms with van der Waals surface area (Å²) < 4.78 is 26.3. The number of hydrogen-bond acceptors (Lipinski definition) is 4. The standard InChI is InChI=1S/C22H20F2N4O/c23-19-9-3-15(13-20(19)24)22(29)27-17-6-10-21(25-14-17)26-16-4-7-18(8-5-16)28-11-1-2-12-28/h3-10,13-14H,1-2,11-12H2,(H,25,26)(H,27,29). The van der Waals surface area contributed by atoms with Crippen LogP contribution in [0.1, 0.15) is 23.2 Å². The van der Waals surface area contributed by atoms with Gasteiger partial charge in [-0.2, -0.15) is 0 Å². The van der Waals surface area contributed by atoms with Gasteiger partial charge in [0.2, 0.25) is 0 Å². The average Bonchev–Trinajstić information content (AvgIpc) is 3.27. The highest BCUT2D eigenvalue weighted by Crippen LogP contribution is 2.24. The molecule has 1 saturated heterocycles. The molecule has 0 radical (unpaired) electrons. The van der Waals surface area contributed by atoms with E-state index in [-0.39, 0.29) is 5.56 Å². The van der Waals surface area contributed by atoms with Crippen LogP contribution in [0.25, 0.3) is 0 Å². The fourth-order valence-corrected chi connectivity index (χ4v) is 3.26. The zero-order valence-corrected chi connectivity index (χ0v) is 15.7. The van der Waals surface area contributed by atoms with Crippen LogP contribution in [0.5, 0.6) is 0 Å². The van der Waals surface area contributed by atoms with Crippen LogP contribution >= 0.6 is 0 Å². The lowest BCUT2D eigenvalue weighted by molar-refractivity contribution is 0.102. The molecule has 1 fully saturated rings. The number of anilines is 4. The average molecular weight is 394 g/mol. The molecule has 4 rings (SSSR count). The first-order chi connectivity index (χ1) is 14.1. The summed E-state index contributed by atoms with van der Waals surface area (Å²) in [6, 6.07) is 14.6. The number of amides is 1. The molecule has 2 heterocycles. The molecule has 1 aliphatic rings. The highest BCUT2D eigenvalue weighted by molar-refractivity contribution is 6.04. The fraction of sp³-hybridized carbons (Fsp3) is 0.182. The number of halogens is 2. The molecule has 0 spiro atoms. The van der Waals surface area contributed by atoms with Gasteiger partial charge in [-0.1, -0.05) is 0 Å². The number of carbonyl (C=O) groups is 1. The number of rotatable bonds is 5. The summed E-state index contributed by atoms with van der Waals surface area (Å²) in [6.07, 6.45) is 3.98. The summed E-state index contributed by atoms with van der Waals surface area (Å²) in [5, 5.41) is 5.82. The van der Waals surface area contributed by atoms with Crippen LogP contribution in [-0.2, 0) is 0 Å². The van der Waals surface area contributed by atoms with Crippen LogP contribution in [0, 0.1) is 11.6 Å². The lowest BCUT2D eigenvalue weighted by Crippen LogP contribution is -2.17. The van der Waals surface area contributed by atoms with Crippen molar-refractivity contribution in [2.24, 2.45) is 0 Å². The summed E-state index contributed by atoms with van der Waals surface area (Å²) in [5.74, 6) is -1.97. The van der Waals surface area contributed by atoms with E-state index in [2.05, 4.69) is 32.7 Å². The molecule has 0 saturated carbocycles. The van der Waals surface area contributed by atoms with Gasteiger partial charge in [0.1, 0.15) is 5.82 Å². The molecule has 1 aromatic heterocycles. The van der Waals surface area contributed by atoms with Gasteiger partial charge in [0, 0.05) is 30.0 Å². The van der Waals surface area contributed by atoms with Crippen LogP contribution in [0.15, 0.2) is 60.8 Å². The van der Waals surface area contributed by atoms with Crippen LogP contribution < -0.4 is 15.5 Å². The minimum absolute atomic E-state index is 0.0317. The summed E-state index contributed by atoms with van der Waals surface area (Å²) in [5.41, 5.74) is 2.62. The van der Waals surface area contributed by atoms with Crippen LogP contribution in [0.4, 0.5) is 31.7 Å². The van der Waals surface area contributed by atoms with E-state index in [0.29, 0.717) is 11.5 Å². The summed E-state index contributed by atoms with van der Waals surface area (Å²) >= 11 is 0. The van der Waals surface area contributed by atoms with Gasteiger partial charge in [-0.3, -0.25) is 4.79 Å². The Morgan fingerprint density at radius 1 is 0.897 bits per heavy atom. The zero-order valence-electron chi connectivity index (χ0n) is 15.7. The lowest BCUT2D eigenvalue weighted by Gasteiger charge is -2.17. The molecule has 3 aromatic rings. The third kappa shape index (κ3) is 4.51. The molecule has 0 bridgehead atoms. The maximum Gasteiger partial charge on any atom is 0.255 e. The molecule has 148 valence electrons. The van der Waals surface area contributed by atoms with E-state index in [0.717, 1.165) is 30.9 Å². The maximum absolute atomic E-state index is 13.3. The van der Waals surface area contributed by atoms with E-state index >= 15 is 0 Å². The molecule has 0 atom stereocenters. The molecule has 7 heteroatoms. The van der Waals surface area contributed by atoms with Gasteiger partial charge in [0.05, 0.1) is 11.9 Å². The summed E-state index contributed by atoms with van der Waals surface area (Å²) in [6.45, 7) is 2.21. The third-order valence-corrected chi connectivity index (χ3v) is 4.81. The molecule has 0 unspecified atom stereocenters. The van der Waals surface area contributed by atoms with Crippen molar-refractivity contribution in [1.29, 1.82) is 0 Å². The highest BCUT2D eigenvalue weighted by atomic mass is 19.2. The number of nitrogens with one attached hydrogen (secondary N) is 2. The van der Waals surface area contributed by atoms with Crippen LogP contribution in [-0.4, -0.2) is 24.0 Å². The molecule has 2 N–H and O–H groups in total. The van der Waals surface area contributed by atoms with Gasteiger partial charge < -0.3 is 15.5 Å². The minimum atomic E-state index is -1.06. The van der Waals surface area contributed by atoms with E-state index in [1.807, 2.05) is 12.1 Å². The molecule has 5 nitrogen and oxygen atoms in total. The summed E-state index contributed by atoms with van der Waals surface area (Å²) in [7, 11) is 0. The van der Waals surface area contributed by atoms with Gasteiger partial charge >= 0.3 is 0 Å². The van der Waals surface area contributed by atoms with Gasteiger partial charge in [0.25, 0.3) is 5.91 Å². The monoisotopic (exact) mass is 394 g/mol. The molecule has 0 aliphatic carbocycles. The molecular formula is C22H20F2N4O. The molecule has 29 heavy (non-hydrogen) atoms. The predicted molar refractivity (Wildman–Crippen MR) is 110 cm³/mol. The second-order valence-corrected chi connectivity index (χ2v) is 6.88. The number of carbonyl (C=O) groups excluding carboxylic acids is 1. The van der Waals surface area contributed by atoms with Gasteiger partial charge in [-0.15, -0.1) is 0 Å². The van der Waals surface area contributed by atoms with Crippen molar-refractivity contribution in [2.75, 3.05) is 28.6 Å². The Morgan fingerprint density at radius 3 is 2.28 bits per heavy atom. The fourth-order valence-electron chi connectivity index (χ4n) is 3.26. The Hall–Kier alpha value is -3.48. The zero-order chi connectivity index (χ0) is 20.2. The van der Waals surface area contributed by atoms with Gasteiger partial charge in [-0.05, 0) is 67.4 Å². The number of benzene rings is 2. The molecule has 2 aromatic carbocycles. The predicted octanol–water partition coefficient (Wildman–Crippen LogP) is 4.96. The van der Waals surface area contributed by atoms with Crippen molar-refractivity contribution < 1.29 is 13.6 Å². The number of nitrogens with zero attached hydrogens (tertiary/aromatic N) is 2. The van der Waals surface area contributed by atoms with E-state index in [1.165, 1.54) is 30.8 Å². The van der Waals surface area contributed by atoms with Crippen molar-refractivity contribution in [3.8, 4) is 0 Å². The van der Waals surface area contributed by atoms with Crippen molar-refractivity contribution in [1.82, 2.24) is 4.98 Å². The van der Waals surface area contributed by atoms with Gasteiger partial charge in [0.15, 0.2) is 11.6 Å². The number of hydrogen-bond donors (Lipinski definition) is 2. The first-order valence-electron chi connectivity index (χ1n) is 9.43. The second-order valence-electron chi connectivity index (χ2n) is 6.88. The van der Waals surface area contributed by atoms with E-state index in [9.17, 15) is 13.6 Å². The smallest absolute Gasteiger partial charge is 0.255 e. The quantitative estimate of drug-likeness (QED) is 0.643. The Morgan fingerprint density at radius 2 is 1.62 bits per heavy atom. The Kier molecular flexibility index (Phi) is 5.37. The molecule has 1 aliphatic heterocycles. The number of pyridine rings is 1. The highest BCUT2D eigenvalue weighted by Gasteiger charge is 2.12.